The van der Waals surface area contributed by atoms with Gasteiger partial charge in [-0.3, -0.25) is 14.6 Å². The number of hydrogen-bond acceptors (Lipinski definition) is 5. The maximum Gasteiger partial charge on any atom is 0.268 e. The summed E-state index contributed by atoms with van der Waals surface area (Å²) in [7, 11) is 0. The lowest BCUT2D eigenvalue weighted by atomic mass is 9.92. The number of thiazole rings is 1. The average Bonchev–Trinajstić information content (AvgIpc) is 3.15. The fourth-order valence-electron chi connectivity index (χ4n) is 2.88. The van der Waals surface area contributed by atoms with Crippen LogP contribution in [0.25, 0.3) is 0 Å². The Hall–Kier alpha value is -2.16. The van der Waals surface area contributed by atoms with Gasteiger partial charge in [0.25, 0.3) is 5.91 Å². The standard InChI is InChI=1S/C19H23Cl2N5O2S/c20-13-5-4-11(8-14(13)21)2-1-3-12(6-7-25-19(23)24)9-16(27)18-26-15(10-29-18)17(22)28/h4-5,8,10,12H,1-3,6-7,9H2,(H2,22,28)(H4,23,24,25). The van der Waals surface area contributed by atoms with Gasteiger partial charge in [-0.15, -0.1) is 11.3 Å². The molecule has 1 aromatic carbocycles. The van der Waals surface area contributed by atoms with Crippen LogP contribution in [0.4, 0.5) is 0 Å². The first-order valence-corrected chi connectivity index (χ1v) is 10.7. The molecular formula is C19H23Cl2N5O2S. The number of nitrogens with two attached hydrogens (primary N) is 3. The van der Waals surface area contributed by atoms with Crippen LogP contribution in [0.2, 0.25) is 10.0 Å². The van der Waals surface area contributed by atoms with Crippen molar-refractivity contribution in [2.75, 3.05) is 6.54 Å². The van der Waals surface area contributed by atoms with Crippen molar-refractivity contribution >= 4 is 52.2 Å². The molecule has 0 saturated heterocycles. The van der Waals surface area contributed by atoms with Gasteiger partial charge < -0.3 is 17.2 Å². The number of halogens is 2. The summed E-state index contributed by atoms with van der Waals surface area (Å²) in [5.41, 5.74) is 17.2. The number of carbonyl (C=O) groups excluding carboxylic acids is 2. The number of aromatic nitrogens is 1. The van der Waals surface area contributed by atoms with E-state index in [2.05, 4.69) is 9.98 Å². The van der Waals surface area contributed by atoms with Crippen LogP contribution < -0.4 is 17.2 Å². The molecule has 1 heterocycles. The number of Topliss-reactive ketones (excluding diaryl/α,β-unsaturated/α-hetero) is 1. The molecular weight excluding hydrogens is 433 g/mol. The van der Waals surface area contributed by atoms with Crippen LogP contribution in [0.1, 0.15) is 51.5 Å². The monoisotopic (exact) mass is 455 g/mol. The van der Waals surface area contributed by atoms with Crippen LogP contribution in [-0.4, -0.2) is 29.2 Å². The molecule has 0 spiro atoms. The number of aryl methyl sites for hydroxylation is 1. The number of aliphatic imine (C=N–C) groups is 1. The summed E-state index contributed by atoms with van der Waals surface area (Å²) in [6.07, 6.45) is 3.45. The smallest absolute Gasteiger partial charge is 0.268 e. The first-order valence-electron chi connectivity index (χ1n) is 9.04. The lowest BCUT2D eigenvalue weighted by Crippen LogP contribution is -2.23. The number of amides is 1. The van der Waals surface area contributed by atoms with Gasteiger partial charge in [0.2, 0.25) is 0 Å². The highest BCUT2D eigenvalue weighted by atomic mass is 35.5. The van der Waals surface area contributed by atoms with Gasteiger partial charge in [-0.2, -0.15) is 0 Å². The zero-order chi connectivity index (χ0) is 21.4. The van der Waals surface area contributed by atoms with E-state index in [1.807, 2.05) is 12.1 Å². The second kappa shape index (κ2) is 11.1. The maximum absolute atomic E-state index is 12.6. The summed E-state index contributed by atoms with van der Waals surface area (Å²) in [5.74, 6) is -0.663. The zero-order valence-electron chi connectivity index (χ0n) is 15.7. The zero-order valence-corrected chi connectivity index (χ0v) is 18.1. The Labute approximate surface area is 183 Å². The Morgan fingerprint density at radius 2 is 1.90 bits per heavy atom. The molecule has 7 nitrogen and oxygen atoms in total. The average molecular weight is 456 g/mol. The molecule has 1 amide bonds. The summed E-state index contributed by atoms with van der Waals surface area (Å²) < 4.78 is 0. The van der Waals surface area contributed by atoms with E-state index in [9.17, 15) is 9.59 Å². The summed E-state index contributed by atoms with van der Waals surface area (Å²) in [4.78, 5) is 31.8. The van der Waals surface area contributed by atoms with Crippen molar-refractivity contribution in [2.24, 2.45) is 28.1 Å². The molecule has 0 aliphatic carbocycles. The van der Waals surface area contributed by atoms with Crippen LogP contribution in [-0.2, 0) is 6.42 Å². The molecule has 2 aromatic rings. The number of ketones is 1. The van der Waals surface area contributed by atoms with Gasteiger partial charge in [0.15, 0.2) is 16.8 Å². The van der Waals surface area contributed by atoms with Crippen molar-refractivity contribution in [2.45, 2.75) is 32.1 Å². The topological polar surface area (TPSA) is 137 Å². The van der Waals surface area contributed by atoms with Crippen LogP contribution in [0.5, 0.6) is 0 Å². The van der Waals surface area contributed by atoms with E-state index < -0.39 is 5.91 Å². The van der Waals surface area contributed by atoms with Gasteiger partial charge in [-0.25, -0.2) is 4.98 Å². The fraction of sp³-hybridized carbons (Fsp3) is 0.368. The predicted molar refractivity (Wildman–Crippen MR) is 118 cm³/mol. The maximum atomic E-state index is 12.6. The molecule has 0 radical (unpaired) electrons. The van der Waals surface area contributed by atoms with E-state index in [1.165, 1.54) is 5.38 Å². The second-order valence-electron chi connectivity index (χ2n) is 6.63. The van der Waals surface area contributed by atoms with Crippen molar-refractivity contribution in [1.82, 2.24) is 4.98 Å². The Bertz CT molecular complexity index is 896. The number of hydrogen-bond donors (Lipinski definition) is 3. The van der Waals surface area contributed by atoms with E-state index in [0.717, 1.165) is 36.2 Å². The number of carbonyl (C=O) groups is 2. The first kappa shape index (κ1) is 23.1. The lowest BCUT2D eigenvalue weighted by Gasteiger charge is -2.15. The molecule has 0 fully saturated rings. The summed E-state index contributed by atoms with van der Waals surface area (Å²) >= 11 is 13.1. The normalized spacial score (nSPS) is 11.8. The molecule has 6 N–H and O–H groups in total. The largest absolute Gasteiger partial charge is 0.370 e. The molecule has 10 heteroatoms. The fourth-order valence-corrected chi connectivity index (χ4v) is 3.96. The van der Waals surface area contributed by atoms with Gasteiger partial charge in [0, 0.05) is 18.3 Å². The number of primary amides is 1. The lowest BCUT2D eigenvalue weighted by molar-refractivity contribution is 0.0956. The van der Waals surface area contributed by atoms with E-state index in [1.54, 1.807) is 6.07 Å². The van der Waals surface area contributed by atoms with Crippen molar-refractivity contribution < 1.29 is 9.59 Å². The van der Waals surface area contributed by atoms with E-state index >= 15 is 0 Å². The highest BCUT2D eigenvalue weighted by molar-refractivity contribution is 7.11. The molecule has 1 aromatic heterocycles. The number of rotatable bonds is 11. The van der Waals surface area contributed by atoms with Gasteiger partial charge >= 0.3 is 0 Å². The predicted octanol–water partition coefficient (Wildman–Crippen LogP) is 3.42. The van der Waals surface area contributed by atoms with Crippen molar-refractivity contribution in [1.29, 1.82) is 0 Å². The second-order valence-corrected chi connectivity index (χ2v) is 8.30. The Morgan fingerprint density at radius 3 is 2.52 bits per heavy atom. The summed E-state index contributed by atoms with van der Waals surface area (Å²) in [6.45, 7) is 0.442. The molecule has 2 rings (SSSR count). The molecule has 29 heavy (non-hydrogen) atoms. The summed E-state index contributed by atoms with van der Waals surface area (Å²) in [6, 6.07) is 5.57. The minimum Gasteiger partial charge on any atom is -0.370 e. The molecule has 0 aliphatic rings. The highest BCUT2D eigenvalue weighted by Gasteiger charge is 2.19. The first-order chi connectivity index (χ1) is 13.8. The minimum atomic E-state index is -0.647. The molecule has 156 valence electrons. The van der Waals surface area contributed by atoms with Gasteiger partial charge in [-0.05, 0) is 49.3 Å². The van der Waals surface area contributed by atoms with Gasteiger partial charge in [0.1, 0.15) is 5.69 Å². The van der Waals surface area contributed by atoms with Gasteiger partial charge in [-0.1, -0.05) is 29.3 Å². The minimum absolute atomic E-state index is 0.0249. The summed E-state index contributed by atoms with van der Waals surface area (Å²) in [5, 5.41) is 2.83. The van der Waals surface area contributed by atoms with E-state index in [-0.39, 0.29) is 28.4 Å². The Kier molecular flexibility index (Phi) is 8.88. The Morgan fingerprint density at radius 1 is 1.14 bits per heavy atom. The third-order valence-corrected chi connectivity index (χ3v) is 5.99. The molecule has 1 atom stereocenters. The third kappa shape index (κ3) is 7.64. The molecule has 1 unspecified atom stereocenters. The van der Waals surface area contributed by atoms with Crippen LogP contribution >= 0.6 is 34.5 Å². The molecule has 0 bridgehead atoms. The highest BCUT2D eigenvalue weighted by Crippen LogP contribution is 2.25. The number of guanidine groups is 1. The quantitative estimate of drug-likeness (QED) is 0.270. The number of nitrogens with zero attached hydrogens (tertiary/aromatic N) is 2. The Balaban J connectivity index is 1.97. The van der Waals surface area contributed by atoms with Crippen LogP contribution in [0.3, 0.4) is 0 Å². The van der Waals surface area contributed by atoms with Crippen molar-refractivity contribution in [3.05, 3.63) is 49.9 Å². The van der Waals surface area contributed by atoms with Crippen LogP contribution in [0.15, 0.2) is 28.6 Å². The van der Waals surface area contributed by atoms with Crippen molar-refractivity contribution in [3.63, 3.8) is 0 Å². The van der Waals surface area contributed by atoms with Crippen molar-refractivity contribution in [3.8, 4) is 0 Å². The van der Waals surface area contributed by atoms with Crippen LogP contribution in [0, 0.1) is 5.92 Å². The molecule has 0 saturated carbocycles. The third-order valence-electron chi connectivity index (χ3n) is 4.36. The van der Waals surface area contributed by atoms with Gasteiger partial charge in [0.05, 0.1) is 10.0 Å². The number of benzene rings is 1. The van der Waals surface area contributed by atoms with E-state index in [4.69, 9.17) is 40.4 Å². The van der Waals surface area contributed by atoms with E-state index in [0.29, 0.717) is 29.4 Å². The SMILES string of the molecule is NC(=O)c1csc(C(=O)CC(CCCc2ccc(Cl)c(Cl)c2)CCN=C(N)N)n1. The molecule has 0 aliphatic heterocycles.